The van der Waals surface area contributed by atoms with Crippen molar-refractivity contribution in [1.29, 1.82) is 0 Å². The van der Waals surface area contributed by atoms with Gasteiger partial charge in [-0.3, -0.25) is 4.99 Å². The van der Waals surface area contributed by atoms with Crippen LogP contribution >= 0.6 is 35.6 Å². The van der Waals surface area contributed by atoms with Crippen molar-refractivity contribution >= 4 is 47.4 Å². The van der Waals surface area contributed by atoms with Gasteiger partial charge >= 0.3 is 0 Å². The Morgan fingerprint density at radius 3 is 2.75 bits per heavy atom. The van der Waals surface area contributed by atoms with E-state index in [1.54, 1.807) is 13.2 Å². The summed E-state index contributed by atoms with van der Waals surface area (Å²) in [6.45, 7) is 4.22. The average Bonchev–Trinajstić information content (AvgIpc) is 3.23. The van der Waals surface area contributed by atoms with E-state index in [0.29, 0.717) is 17.6 Å². The van der Waals surface area contributed by atoms with Gasteiger partial charge in [0.15, 0.2) is 5.96 Å². The maximum atomic E-state index is 6.29. The zero-order valence-corrected chi connectivity index (χ0v) is 22.1. The van der Waals surface area contributed by atoms with Crippen LogP contribution in [-0.2, 0) is 6.54 Å². The first-order valence-corrected chi connectivity index (χ1v) is 11.1. The van der Waals surface area contributed by atoms with E-state index in [2.05, 4.69) is 56.6 Å². The van der Waals surface area contributed by atoms with Crippen LogP contribution in [0.4, 0.5) is 5.82 Å². The molecule has 2 aromatic rings. The molecule has 0 radical (unpaired) electrons. The third kappa shape index (κ3) is 8.29. The number of guanidine groups is 1. The van der Waals surface area contributed by atoms with Gasteiger partial charge < -0.3 is 25.2 Å². The van der Waals surface area contributed by atoms with Crippen molar-refractivity contribution in [3.63, 3.8) is 0 Å². The molecule has 32 heavy (non-hydrogen) atoms. The van der Waals surface area contributed by atoms with Crippen LogP contribution in [0.25, 0.3) is 0 Å². The van der Waals surface area contributed by atoms with Crippen LogP contribution in [0, 0.1) is 0 Å². The zero-order chi connectivity index (χ0) is 22.1. The Balaban J connectivity index is 0.00000363. The van der Waals surface area contributed by atoms with Gasteiger partial charge in [-0.15, -0.1) is 24.0 Å². The molecule has 1 unspecified atom stereocenters. The first kappa shape index (κ1) is 26.5. The highest BCUT2D eigenvalue weighted by Gasteiger charge is 2.25. The average molecular weight is 573 g/mol. The van der Waals surface area contributed by atoms with Crippen molar-refractivity contribution in [3.8, 4) is 5.75 Å². The monoisotopic (exact) mass is 572 g/mol. The van der Waals surface area contributed by atoms with Gasteiger partial charge in [0.2, 0.25) is 0 Å². The van der Waals surface area contributed by atoms with E-state index in [1.165, 1.54) is 5.56 Å². The molecule has 1 aliphatic rings. The number of aliphatic imine (C=N–C) groups is 1. The number of hydrogen-bond donors (Lipinski definition) is 2. The molecule has 0 saturated carbocycles. The summed E-state index contributed by atoms with van der Waals surface area (Å²) >= 11 is 6.29. The van der Waals surface area contributed by atoms with Gasteiger partial charge in [0, 0.05) is 45.5 Å². The van der Waals surface area contributed by atoms with Crippen molar-refractivity contribution in [2.75, 3.05) is 52.3 Å². The van der Waals surface area contributed by atoms with Gasteiger partial charge in [0.1, 0.15) is 11.6 Å². The number of hydrogen-bond acceptors (Lipinski definition) is 5. The molecule has 0 amide bonds. The number of nitrogens with zero attached hydrogens (tertiary/aromatic N) is 4. The molecule has 1 aromatic carbocycles. The van der Waals surface area contributed by atoms with E-state index >= 15 is 0 Å². The molecule has 0 aliphatic carbocycles. The van der Waals surface area contributed by atoms with Crippen LogP contribution in [0.3, 0.4) is 0 Å². The smallest absolute Gasteiger partial charge is 0.191 e. The molecule has 1 atom stereocenters. The molecule has 1 fully saturated rings. The third-order valence-corrected chi connectivity index (χ3v) is 5.49. The fraction of sp³-hybridized carbons (Fsp3) is 0.478. The Kier molecular flexibility index (Phi) is 11.3. The van der Waals surface area contributed by atoms with Crippen molar-refractivity contribution < 1.29 is 4.74 Å². The molecule has 0 bridgehead atoms. The Morgan fingerprint density at radius 1 is 1.28 bits per heavy atom. The highest BCUT2D eigenvalue weighted by molar-refractivity contribution is 14.0. The summed E-state index contributed by atoms with van der Waals surface area (Å²) < 4.78 is 5.80. The molecule has 2 N–H and O–H groups in total. The van der Waals surface area contributed by atoms with Gasteiger partial charge in [-0.1, -0.05) is 23.7 Å². The topological polar surface area (TPSA) is 65.0 Å². The van der Waals surface area contributed by atoms with Crippen LogP contribution in [0.5, 0.6) is 5.75 Å². The Hall–Kier alpha value is -1.78. The first-order valence-electron chi connectivity index (χ1n) is 10.7. The Labute approximate surface area is 213 Å². The van der Waals surface area contributed by atoms with Crippen molar-refractivity contribution in [1.82, 2.24) is 20.5 Å². The van der Waals surface area contributed by atoms with E-state index in [9.17, 15) is 0 Å². The lowest BCUT2D eigenvalue weighted by Gasteiger charge is -2.20. The van der Waals surface area contributed by atoms with Crippen LogP contribution < -0.4 is 20.3 Å². The van der Waals surface area contributed by atoms with Crippen molar-refractivity contribution in [2.45, 2.75) is 25.4 Å². The second kappa shape index (κ2) is 13.7. The molecule has 0 spiro atoms. The summed E-state index contributed by atoms with van der Waals surface area (Å²) in [4.78, 5) is 13.2. The number of aromatic nitrogens is 1. The summed E-state index contributed by atoms with van der Waals surface area (Å²) in [6.07, 6.45) is 3.81. The van der Waals surface area contributed by atoms with Gasteiger partial charge in [0.05, 0.1) is 11.6 Å². The van der Waals surface area contributed by atoms with Gasteiger partial charge in [-0.2, -0.15) is 0 Å². The largest absolute Gasteiger partial charge is 0.494 e. The lowest BCUT2D eigenvalue weighted by molar-refractivity contribution is 0.281. The Bertz CT molecular complexity index is 849. The molecule has 176 valence electrons. The number of anilines is 1. The SMILES string of the molecule is CN=C(NCc1ccc(OCCCN(C)C)cc1)NC1CCN(c2ncccc2Cl)C1.I. The standard InChI is InChI=1S/C23H33ClN6O.HI/c1-25-23(28-19-11-14-30(17-19)22-21(24)6-4-12-26-22)27-16-18-7-9-20(10-8-18)31-15-5-13-29(2)3;/h4,6-10,12,19H,5,11,13-17H2,1-3H3,(H2,25,27,28);1H. The minimum absolute atomic E-state index is 0. The second-order valence-electron chi connectivity index (χ2n) is 7.96. The third-order valence-electron chi connectivity index (χ3n) is 5.19. The minimum atomic E-state index is 0. The quantitative estimate of drug-likeness (QED) is 0.207. The number of halogens is 2. The van der Waals surface area contributed by atoms with Gasteiger partial charge in [0.25, 0.3) is 0 Å². The van der Waals surface area contributed by atoms with E-state index in [4.69, 9.17) is 16.3 Å². The number of pyridine rings is 1. The van der Waals surface area contributed by atoms with Crippen LogP contribution in [0.1, 0.15) is 18.4 Å². The summed E-state index contributed by atoms with van der Waals surface area (Å²) in [5.41, 5.74) is 1.18. The second-order valence-corrected chi connectivity index (χ2v) is 8.37. The van der Waals surface area contributed by atoms with Gasteiger partial charge in [-0.05, 0) is 56.8 Å². The number of ether oxygens (including phenoxy) is 1. The Morgan fingerprint density at radius 2 is 2.06 bits per heavy atom. The summed E-state index contributed by atoms with van der Waals surface area (Å²) in [7, 11) is 5.94. The lowest BCUT2D eigenvalue weighted by Crippen LogP contribution is -2.44. The maximum absolute atomic E-state index is 6.29. The fourth-order valence-electron chi connectivity index (χ4n) is 3.53. The molecule has 2 heterocycles. The molecule has 1 saturated heterocycles. The number of benzene rings is 1. The predicted octanol–water partition coefficient (Wildman–Crippen LogP) is 3.63. The molecule has 1 aromatic heterocycles. The highest BCUT2D eigenvalue weighted by Crippen LogP contribution is 2.25. The predicted molar refractivity (Wildman–Crippen MR) is 144 cm³/mol. The van der Waals surface area contributed by atoms with Crippen molar-refractivity contribution in [3.05, 3.63) is 53.2 Å². The maximum Gasteiger partial charge on any atom is 0.191 e. The summed E-state index contributed by atoms with van der Waals surface area (Å²) in [5.74, 6) is 2.55. The summed E-state index contributed by atoms with van der Waals surface area (Å²) in [6, 6.07) is 12.2. The molecule has 3 rings (SSSR count). The molecule has 1 aliphatic heterocycles. The molecule has 9 heteroatoms. The van der Waals surface area contributed by atoms with Crippen LogP contribution in [-0.4, -0.2) is 69.3 Å². The van der Waals surface area contributed by atoms with E-state index in [1.807, 2.05) is 24.3 Å². The fourth-order valence-corrected chi connectivity index (χ4v) is 3.77. The van der Waals surface area contributed by atoms with E-state index < -0.39 is 0 Å². The first-order chi connectivity index (χ1) is 15.0. The van der Waals surface area contributed by atoms with Gasteiger partial charge in [-0.25, -0.2) is 4.98 Å². The number of rotatable bonds is 9. The highest BCUT2D eigenvalue weighted by atomic mass is 127. The molecule has 7 nitrogen and oxygen atoms in total. The number of nitrogens with one attached hydrogen (secondary N) is 2. The zero-order valence-electron chi connectivity index (χ0n) is 19.1. The molecular weight excluding hydrogens is 539 g/mol. The summed E-state index contributed by atoms with van der Waals surface area (Å²) in [5, 5.41) is 7.59. The van der Waals surface area contributed by atoms with E-state index in [-0.39, 0.29) is 24.0 Å². The van der Waals surface area contributed by atoms with Crippen LogP contribution in [0.2, 0.25) is 5.02 Å². The van der Waals surface area contributed by atoms with Crippen LogP contribution in [0.15, 0.2) is 47.6 Å². The minimum Gasteiger partial charge on any atom is -0.494 e. The normalized spacial score (nSPS) is 16.1. The van der Waals surface area contributed by atoms with Crippen molar-refractivity contribution in [2.24, 2.45) is 4.99 Å². The van der Waals surface area contributed by atoms with E-state index in [0.717, 1.165) is 56.6 Å². The lowest BCUT2D eigenvalue weighted by atomic mass is 10.2. The molecular formula is C23H34ClIN6O.